The average Bonchev–Trinajstić information content (AvgIpc) is 2.95. The van der Waals surface area contributed by atoms with Crippen LogP contribution in [0.25, 0.3) is 27.0 Å². The van der Waals surface area contributed by atoms with E-state index >= 15 is 0 Å². The first-order valence-electron chi connectivity index (χ1n) is 5.53. The molecule has 0 N–H and O–H groups in total. The predicted octanol–water partition coefficient (Wildman–Crippen LogP) is 2.01. The number of hydrogen-bond acceptors (Lipinski definition) is 6. The maximum absolute atomic E-state index is 11.7. The van der Waals surface area contributed by atoms with Gasteiger partial charge >= 0.3 is 5.97 Å². The molecule has 0 amide bonds. The van der Waals surface area contributed by atoms with Gasteiger partial charge < -0.3 is 4.74 Å². The maximum atomic E-state index is 11.7. The number of methoxy groups -OCH3 is 1. The Bertz CT molecular complexity index is 879. The molecule has 2 aromatic heterocycles. The number of hydrogen-bond donors (Lipinski definition) is 0. The molecule has 3 rings (SSSR count). The SMILES string of the molecule is COC(=O)c1cc2ccc(N=[N+]=[N-])cc2n2nnnc12. The molecule has 0 aliphatic carbocycles. The molecule has 0 fully saturated rings. The van der Waals surface area contributed by atoms with Crippen LogP contribution in [-0.2, 0) is 4.74 Å². The lowest BCUT2D eigenvalue weighted by atomic mass is 10.1. The summed E-state index contributed by atoms with van der Waals surface area (Å²) in [5.74, 6) is -0.522. The summed E-state index contributed by atoms with van der Waals surface area (Å²) >= 11 is 0. The van der Waals surface area contributed by atoms with Crippen molar-refractivity contribution in [2.75, 3.05) is 7.11 Å². The largest absolute Gasteiger partial charge is 0.465 e. The highest BCUT2D eigenvalue weighted by atomic mass is 16.5. The van der Waals surface area contributed by atoms with Gasteiger partial charge in [0.25, 0.3) is 0 Å². The van der Waals surface area contributed by atoms with Crippen molar-refractivity contribution in [1.82, 2.24) is 20.0 Å². The fraction of sp³-hybridized carbons (Fsp3) is 0.0909. The molecule has 2 heterocycles. The molecule has 0 bridgehead atoms. The predicted molar refractivity (Wildman–Crippen MR) is 68.4 cm³/mol. The molecule has 98 valence electrons. The van der Waals surface area contributed by atoms with Crippen molar-refractivity contribution in [3.05, 3.63) is 40.3 Å². The van der Waals surface area contributed by atoms with Crippen LogP contribution in [-0.4, -0.2) is 33.1 Å². The van der Waals surface area contributed by atoms with Gasteiger partial charge in [0.15, 0.2) is 5.65 Å². The van der Waals surface area contributed by atoms with Gasteiger partial charge in [-0.2, -0.15) is 4.52 Å². The van der Waals surface area contributed by atoms with E-state index < -0.39 is 5.97 Å². The van der Waals surface area contributed by atoms with Crippen LogP contribution < -0.4 is 0 Å². The summed E-state index contributed by atoms with van der Waals surface area (Å²) < 4.78 is 6.11. The number of pyridine rings is 1. The summed E-state index contributed by atoms with van der Waals surface area (Å²) in [4.78, 5) is 14.5. The Morgan fingerprint density at radius 1 is 1.45 bits per heavy atom. The minimum absolute atomic E-state index is 0.265. The number of carbonyl (C=O) groups is 1. The van der Waals surface area contributed by atoms with Crippen LogP contribution in [0.4, 0.5) is 5.69 Å². The molecular weight excluding hydrogens is 262 g/mol. The number of carbonyl (C=O) groups excluding carboxylic acids is 1. The summed E-state index contributed by atoms with van der Waals surface area (Å²) in [6, 6.07) is 6.62. The minimum Gasteiger partial charge on any atom is -0.465 e. The van der Waals surface area contributed by atoms with Crippen molar-refractivity contribution in [3.63, 3.8) is 0 Å². The van der Waals surface area contributed by atoms with E-state index in [0.717, 1.165) is 5.39 Å². The lowest BCUT2D eigenvalue weighted by Crippen LogP contribution is -2.05. The molecule has 3 aromatic rings. The number of esters is 1. The second-order valence-corrected chi connectivity index (χ2v) is 3.90. The van der Waals surface area contributed by atoms with Crippen LogP contribution in [0, 0.1) is 0 Å². The summed E-state index contributed by atoms with van der Waals surface area (Å²) in [5.41, 5.74) is 10.1. The maximum Gasteiger partial charge on any atom is 0.341 e. The van der Waals surface area contributed by atoms with Gasteiger partial charge in [0.2, 0.25) is 0 Å². The van der Waals surface area contributed by atoms with E-state index in [-0.39, 0.29) is 11.2 Å². The summed E-state index contributed by atoms with van der Waals surface area (Å²) in [6.45, 7) is 0. The van der Waals surface area contributed by atoms with E-state index in [1.165, 1.54) is 11.6 Å². The van der Waals surface area contributed by atoms with Crippen LogP contribution in [0.1, 0.15) is 10.4 Å². The number of aromatic nitrogens is 4. The first kappa shape index (κ1) is 11.9. The van der Waals surface area contributed by atoms with Gasteiger partial charge in [0.1, 0.15) is 5.56 Å². The third kappa shape index (κ3) is 1.70. The summed E-state index contributed by atoms with van der Waals surface area (Å²) in [5, 5.41) is 15.5. The summed E-state index contributed by atoms with van der Waals surface area (Å²) in [7, 11) is 1.29. The molecule has 0 atom stereocenters. The third-order valence-corrected chi connectivity index (χ3v) is 2.82. The van der Waals surface area contributed by atoms with E-state index in [1.54, 1.807) is 24.3 Å². The normalized spacial score (nSPS) is 10.4. The topological polar surface area (TPSA) is 118 Å². The van der Waals surface area contributed by atoms with Gasteiger partial charge in [-0.05, 0) is 28.1 Å². The number of benzene rings is 1. The third-order valence-electron chi connectivity index (χ3n) is 2.82. The van der Waals surface area contributed by atoms with E-state index in [1.807, 2.05) is 0 Å². The molecular formula is C11H7N7O2. The van der Waals surface area contributed by atoms with E-state index in [4.69, 9.17) is 10.3 Å². The summed E-state index contributed by atoms with van der Waals surface area (Å²) in [6.07, 6.45) is 0. The Morgan fingerprint density at radius 2 is 2.30 bits per heavy atom. The highest BCUT2D eigenvalue weighted by molar-refractivity contribution is 6.00. The molecule has 0 saturated heterocycles. The molecule has 0 spiro atoms. The second-order valence-electron chi connectivity index (χ2n) is 3.90. The van der Waals surface area contributed by atoms with Crippen molar-refractivity contribution >= 4 is 28.2 Å². The Hall–Kier alpha value is -3.19. The van der Waals surface area contributed by atoms with Crippen LogP contribution in [0.15, 0.2) is 29.4 Å². The molecule has 0 unspecified atom stereocenters. The van der Waals surface area contributed by atoms with Gasteiger partial charge in [0.05, 0.1) is 12.6 Å². The van der Waals surface area contributed by atoms with Crippen molar-refractivity contribution < 1.29 is 9.53 Å². The molecule has 20 heavy (non-hydrogen) atoms. The molecule has 1 aromatic carbocycles. The highest BCUT2D eigenvalue weighted by Gasteiger charge is 2.16. The highest BCUT2D eigenvalue weighted by Crippen LogP contribution is 2.24. The van der Waals surface area contributed by atoms with E-state index in [2.05, 4.69) is 25.6 Å². The van der Waals surface area contributed by atoms with Crippen LogP contribution >= 0.6 is 0 Å². The second kappa shape index (κ2) is 4.48. The van der Waals surface area contributed by atoms with Gasteiger partial charge in [-0.1, -0.05) is 17.2 Å². The first-order chi connectivity index (χ1) is 9.74. The number of rotatable bonds is 2. The zero-order valence-corrected chi connectivity index (χ0v) is 10.3. The number of azide groups is 1. The van der Waals surface area contributed by atoms with E-state index in [9.17, 15) is 4.79 Å². The monoisotopic (exact) mass is 269 g/mol. The van der Waals surface area contributed by atoms with Crippen LogP contribution in [0.2, 0.25) is 0 Å². The standard InChI is InChI=1S/C11H7N7O2/c1-20-11(19)8-4-6-2-3-7(13-15-12)5-9(6)18-10(8)14-16-17-18/h2-5H,1H3. The number of fused-ring (bicyclic) bond motifs is 3. The Labute approximate surface area is 111 Å². The van der Waals surface area contributed by atoms with Gasteiger partial charge in [-0.15, -0.1) is 5.10 Å². The van der Waals surface area contributed by atoms with Gasteiger partial charge in [-0.3, -0.25) is 0 Å². The fourth-order valence-corrected chi connectivity index (χ4v) is 1.95. The molecule has 0 aliphatic heterocycles. The quantitative estimate of drug-likeness (QED) is 0.305. The van der Waals surface area contributed by atoms with E-state index in [0.29, 0.717) is 11.2 Å². The first-order valence-corrected chi connectivity index (χ1v) is 5.53. The Morgan fingerprint density at radius 3 is 3.05 bits per heavy atom. The number of tetrazole rings is 1. The smallest absolute Gasteiger partial charge is 0.341 e. The molecule has 9 heteroatoms. The van der Waals surface area contributed by atoms with Crippen molar-refractivity contribution in [1.29, 1.82) is 0 Å². The fourth-order valence-electron chi connectivity index (χ4n) is 1.95. The lowest BCUT2D eigenvalue weighted by Gasteiger charge is -2.05. The van der Waals surface area contributed by atoms with Crippen molar-refractivity contribution in [2.45, 2.75) is 0 Å². The molecule has 0 aliphatic rings. The van der Waals surface area contributed by atoms with Crippen molar-refractivity contribution in [2.24, 2.45) is 5.11 Å². The zero-order chi connectivity index (χ0) is 14.1. The minimum atomic E-state index is -0.522. The van der Waals surface area contributed by atoms with Gasteiger partial charge in [-0.25, -0.2) is 4.79 Å². The molecule has 0 radical (unpaired) electrons. The number of nitrogens with zero attached hydrogens (tertiary/aromatic N) is 7. The number of ether oxygens (including phenoxy) is 1. The molecule has 0 saturated carbocycles. The van der Waals surface area contributed by atoms with Crippen LogP contribution in [0.3, 0.4) is 0 Å². The lowest BCUT2D eigenvalue weighted by molar-refractivity contribution is 0.0602. The van der Waals surface area contributed by atoms with Crippen LogP contribution in [0.5, 0.6) is 0 Å². The Balaban J connectivity index is 2.40. The average molecular weight is 269 g/mol. The van der Waals surface area contributed by atoms with Crippen molar-refractivity contribution in [3.8, 4) is 0 Å². The van der Waals surface area contributed by atoms with Gasteiger partial charge in [0, 0.05) is 16.0 Å². The zero-order valence-electron chi connectivity index (χ0n) is 10.3. The Kier molecular flexibility index (Phi) is 2.66. The molecule has 9 nitrogen and oxygen atoms in total.